The van der Waals surface area contributed by atoms with Crippen molar-refractivity contribution in [2.75, 3.05) is 19.7 Å². The number of ether oxygens (including phenoxy) is 2. The molecule has 0 aliphatic carbocycles. The van der Waals surface area contributed by atoms with Gasteiger partial charge in [-0.1, -0.05) is 11.6 Å². The zero-order valence-electron chi connectivity index (χ0n) is 16.4. The number of piperidine rings is 1. The van der Waals surface area contributed by atoms with Gasteiger partial charge >= 0.3 is 6.09 Å². The van der Waals surface area contributed by atoms with Crippen LogP contribution in [-0.2, 0) is 4.74 Å². The van der Waals surface area contributed by atoms with E-state index in [0.29, 0.717) is 48.7 Å². The summed E-state index contributed by atoms with van der Waals surface area (Å²) in [6.07, 6.45) is 0.583. The van der Waals surface area contributed by atoms with Gasteiger partial charge in [0.1, 0.15) is 11.6 Å². The number of amides is 1. The molecule has 1 fully saturated rings. The molecule has 30 heavy (non-hydrogen) atoms. The second-order valence-electron chi connectivity index (χ2n) is 7.16. The van der Waals surface area contributed by atoms with Crippen molar-refractivity contribution in [2.45, 2.75) is 25.5 Å². The third kappa shape index (κ3) is 6.18. The molecule has 1 aliphatic heterocycles. The highest BCUT2D eigenvalue weighted by Crippen LogP contribution is 2.26. The van der Waals surface area contributed by atoms with E-state index in [1.807, 2.05) is 0 Å². The lowest BCUT2D eigenvalue weighted by Crippen LogP contribution is -2.46. The van der Waals surface area contributed by atoms with Gasteiger partial charge in [-0.3, -0.25) is 9.69 Å². The molecule has 0 aromatic heterocycles. The molecule has 1 saturated heterocycles. The molecule has 2 aromatic rings. The van der Waals surface area contributed by atoms with Gasteiger partial charge in [0, 0.05) is 36.0 Å². The summed E-state index contributed by atoms with van der Waals surface area (Å²) in [5.41, 5.74) is 5.58. The van der Waals surface area contributed by atoms with Crippen LogP contribution in [0.15, 0.2) is 48.5 Å². The second kappa shape index (κ2) is 10.4. The molecular formula is C22H24ClFN2O4. The summed E-state index contributed by atoms with van der Waals surface area (Å²) in [5.74, 6) is 0.196. The molecule has 1 unspecified atom stereocenters. The quantitative estimate of drug-likeness (QED) is 0.627. The molecule has 0 spiro atoms. The highest BCUT2D eigenvalue weighted by molar-refractivity contribution is 6.30. The smallest absolute Gasteiger partial charge is 0.404 e. The molecule has 0 radical (unpaired) electrons. The summed E-state index contributed by atoms with van der Waals surface area (Å²) in [4.78, 5) is 25.7. The number of Topliss-reactive ketones (excluding diaryl/α,β-unsaturated/α-hetero) is 1. The van der Waals surface area contributed by atoms with Gasteiger partial charge in [0.25, 0.3) is 0 Å². The van der Waals surface area contributed by atoms with Gasteiger partial charge in [-0.15, -0.1) is 0 Å². The van der Waals surface area contributed by atoms with E-state index in [9.17, 15) is 14.0 Å². The first kappa shape index (κ1) is 22.1. The standard InChI is InChI=1S/C22H24ClFN2O4/c23-17-3-7-19(8-4-17)30-20(11-14-29-22(25)28)26-12-9-16(10-13-26)21(27)15-1-5-18(24)6-2-15/h1-8,16,20H,9-14H2,(H2,25,28). The number of likely N-dealkylation sites (tertiary alicyclic amines) is 1. The lowest BCUT2D eigenvalue weighted by molar-refractivity contribution is -0.0123. The number of nitrogens with two attached hydrogens (primary N) is 1. The fourth-order valence-electron chi connectivity index (χ4n) is 3.55. The van der Waals surface area contributed by atoms with Gasteiger partial charge in [-0.25, -0.2) is 9.18 Å². The Morgan fingerprint density at radius 2 is 1.73 bits per heavy atom. The second-order valence-corrected chi connectivity index (χ2v) is 7.60. The third-order valence-corrected chi connectivity index (χ3v) is 5.38. The predicted octanol–water partition coefficient (Wildman–Crippen LogP) is 4.26. The van der Waals surface area contributed by atoms with Crippen molar-refractivity contribution >= 4 is 23.5 Å². The first-order chi connectivity index (χ1) is 14.4. The molecule has 1 heterocycles. The van der Waals surface area contributed by atoms with Gasteiger partial charge in [-0.2, -0.15) is 0 Å². The minimum absolute atomic E-state index is 0.0295. The number of carbonyl (C=O) groups is 2. The lowest BCUT2D eigenvalue weighted by Gasteiger charge is -2.37. The number of hydrogen-bond donors (Lipinski definition) is 1. The molecule has 8 heteroatoms. The molecule has 6 nitrogen and oxygen atoms in total. The van der Waals surface area contributed by atoms with Gasteiger partial charge in [-0.05, 0) is 61.4 Å². The van der Waals surface area contributed by atoms with Crippen LogP contribution >= 0.6 is 11.6 Å². The highest BCUT2D eigenvalue weighted by Gasteiger charge is 2.30. The number of ketones is 1. The molecule has 0 bridgehead atoms. The van der Waals surface area contributed by atoms with E-state index in [4.69, 9.17) is 26.8 Å². The molecule has 2 N–H and O–H groups in total. The SMILES string of the molecule is NC(=O)OCCC(Oc1ccc(Cl)cc1)N1CCC(C(=O)c2ccc(F)cc2)CC1. The van der Waals surface area contributed by atoms with Crippen molar-refractivity contribution < 1.29 is 23.5 Å². The topological polar surface area (TPSA) is 81.9 Å². The molecule has 1 atom stereocenters. The van der Waals surface area contributed by atoms with Crippen molar-refractivity contribution in [1.82, 2.24) is 4.90 Å². The maximum absolute atomic E-state index is 13.1. The first-order valence-electron chi connectivity index (χ1n) is 9.80. The van der Waals surface area contributed by atoms with Crippen molar-refractivity contribution in [3.05, 3.63) is 64.9 Å². The Morgan fingerprint density at radius 1 is 1.10 bits per heavy atom. The Labute approximate surface area is 179 Å². The Morgan fingerprint density at radius 3 is 2.33 bits per heavy atom. The van der Waals surface area contributed by atoms with E-state index < -0.39 is 6.09 Å². The molecular weight excluding hydrogens is 411 g/mol. The van der Waals surface area contributed by atoms with Crippen molar-refractivity contribution in [3.63, 3.8) is 0 Å². The van der Waals surface area contributed by atoms with Crippen LogP contribution in [0.25, 0.3) is 0 Å². The molecule has 160 valence electrons. The fourth-order valence-corrected chi connectivity index (χ4v) is 3.67. The van der Waals surface area contributed by atoms with Crippen molar-refractivity contribution in [3.8, 4) is 5.75 Å². The summed E-state index contributed by atoms with van der Waals surface area (Å²) in [6, 6.07) is 12.7. The number of hydrogen-bond acceptors (Lipinski definition) is 5. The summed E-state index contributed by atoms with van der Waals surface area (Å²) in [5, 5.41) is 0.607. The maximum atomic E-state index is 13.1. The minimum atomic E-state index is -0.830. The maximum Gasteiger partial charge on any atom is 0.404 e. The normalized spacial score (nSPS) is 16.1. The van der Waals surface area contributed by atoms with Crippen LogP contribution in [0.4, 0.5) is 9.18 Å². The van der Waals surface area contributed by atoms with Crippen LogP contribution < -0.4 is 10.5 Å². The largest absolute Gasteiger partial charge is 0.475 e. The van der Waals surface area contributed by atoms with E-state index in [1.54, 1.807) is 24.3 Å². The van der Waals surface area contributed by atoms with E-state index in [2.05, 4.69) is 4.90 Å². The van der Waals surface area contributed by atoms with E-state index in [1.165, 1.54) is 24.3 Å². The van der Waals surface area contributed by atoms with Gasteiger partial charge < -0.3 is 15.2 Å². The van der Waals surface area contributed by atoms with Crippen molar-refractivity contribution in [1.29, 1.82) is 0 Å². The van der Waals surface area contributed by atoms with Crippen LogP contribution in [0.3, 0.4) is 0 Å². The van der Waals surface area contributed by atoms with Crippen LogP contribution in [0, 0.1) is 11.7 Å². The number of carbonyl (C=O) groups excluding carboxylic acids is 2. The monoisotopic (exact) mass is 434 g/mol. The number of rotatable bonds is 8. The van der Waals surface area contributed by atoms with Crippen molar-refractivity contribution in [2.24, 2.45) is 11.7 Å². The number of benzene rings is 2. The molecule has 1 amide bonds. The molecule has 3 rings (SSSR count). The first-order valence-corrected chi connectivity index (χ1v) is 10.2. The van der Waals surface area contributed by atoms with Gasteiger partial charge in [0.05, 0.1) is 6.61 Å². The van der Waals surface area contributed by atoms with Gasteiger partial charge in [0.2, 0.25) is 0 Å². The summed E-state index contributed by atoms with van der Waals surface area (Å²) in [7, 11) is 0. The summed E-state index contributed by atoms with van der Waals surface area (Å²) >= 11 is 5.93. The summed E-state index contributed by atoms with van der Waals surface area (Å²) in [6.45, 7) is 1.42. The Hall–Kier alpha value is -2.64. The average molecular weight is 435 g/mol. The predicted molar refractivity (Wildman–Crippen MR) is 111 cm³/mol. The highest BCUT2D eigenvalue weighted by atomic mass is 35.5. The van der Waals surface area contributed by atoms with Crippen LogP contribution in [-0.4, -0.2) is 42.7 Å². The molecule has 2 aromatic carbocycles. The van der Waals surface area contributed by atoms with Crippen LogP contribution in [0.5, 0.6) is 5.75 Å². The third-order valence-electron chi connectivity index (χ3n) is 5.13. The van der Waals surface area contributed by atoms with Crippen LogP contribution in [0.2, 0.25) is 5.02 Å². The number of primary amides is 1. The van der Waals surface area contributed by atoms with Crippen LogP contribution in [0.1, 0.15) is 29.6 Å². The van der Waals surface area contributed by atoms with E-state index in [0.717, 1.165) is 0 Å². The fraction of sp³-hybridized carbons (Fsp3) is 0.364. The zero-order valence-corrected chi connectivity index (χ0v) is 17.2. The minimum Gasteiger partial charge on any atom is -0.475 e. The van der Waals surface area contributed by atoms with Gasteiger partial charge in [0.15, 0.2) is 12.0 Å². The summed E-state index contributed by atoms with van der Waals surface area (Å²) < 4.78 is 24.1. The Balaban J connectivity index is 1.61. The average Bonchev–Trinajstić information content (AvgIpc) is 2.74. The molecule has 0 saturated carbocycles. The number of halogens is 2. The Kier molecular flexibility index (Phi) is 7.65. The molecule has 1 aliphatic rings. The lowest BCUT2D eigenvalue weighted by atomic mass is 9.88. The Bertz CT molecular complexity index is 852. The van der Waals surface area contributed by atoms with E-state index >= 15 is 0 Å². The zero-order chi connectivity index (χ0) is 21.5. The number of nitrogens with zero attached hydrogens (tertiary/aromatic N) is 1. The van der Waals surface area contributed by atoms with E-state index in [-0.39, 0.29) is 30.4 Å².